The monoisotopic (exact) mass is 486 g/mol. The molecule has 0 aliphatic carbocycles. The number of methoxy groups -OCH3 is 1. The molecule has 0 unspecified atom stereocenters. The third kappa shape index (κ3) is 4.55. The molecule has 13 heteroatoms. The molecule has 1 aromatic carbocycles. The summed E-state index contributed by atoms with van der Waals surface area (Å²) in [7, 11) is 1.27. The van der Waals surface area contributed by atoms with Gasteiger partial charge < -0.3 is 15.0 Å². The summed E-state index contributed by atoms with van der Waals surface area (Å²) in [4.78, 5) is 10.4. The highest BCUT2D eigenvalue weighted by atomic mass is 32.2. The lowest BCUT2D eigenvalue weighted by Crippen LogP contribution is -2.17. The fraction of sp³-hybridized carbons (Fsp3) is 0.238. The van der Waals surface area contributed by atoms with E-state index < -0.39 is 15.7 Å². The van der Waals surface area contributed by atoms with Crippen LogP contribution in [-0.4, -0.2) is 58.8 Å². The van der Waals surface area contributed by atoms with E-state index in [-0.39, 0.29) is 16.5 Å². The molecular formula is C21H23FN8O3S. The van der Waals surface area contributed by atoms with Crippen molar-refractivity contribution in [3.05, 3.63) is 48.0 Å². The summed E-state index contributed by atoms with van der Waals surface area (Å²) in [5, 5.41) is 14.5. The van der Waals surface area contributed by atoms with Crippen LogP contribution in [0.1, 0.15) is 5.69 Å². The first-order chi connectivity index (χ1) is 16.1. The molecule has 4 rings (SSSR count). The lowest BCUT2D eigenvalue weighted by molar-refractivity contribution is 0.415. The van der Waals surface area contributed by atoms with Gasteiger partial charge in [0.2, 0.25) is 5.95 Å². The number of ether oxygens (including phenoxy) is 1. The number of aryl methyl sites for hydroxylation is 2. The lowest BCUT2D eigenvalue weighted by Gasteiger charge is -2.21. The average molecular weight is 487 g/mol. The van der Waals surface area contributed by atoms with E-state index in [4.69, 9.17) is 4.74 Å². The molecule has 4 aromatic rings. The van der Waals surface area contributed by atoms with Crippen molar-refractivity contribution in [1.29, 1.82) is 0 Å². The number of rotatable bonds is 7. The Kier molecular flexibility index (Phi) is 5.96. The Morgan fingerprint density at radius 2 is 1.97 bits per heavy atom. The lowest BCUT2D eigenvalue weighted by atomic mass is 10.2. The summed E-state index contributed by atoms with van der Waals surface area (Å²) in [6, 6.07) is 7.21. The fourth-order valence-electron chi connectivity index (χ4n) is 3.28. The second-order valence-corrected chi connectivity index (χ2v) is 9.65. The number of halogens is 1. The van der Waals surface area contributed by atoms with Crippen molar-refractivity contribution in [2.75, 3.05) is 30.6 Å². The smallest absolute Gasteiger partial charge is 0.232 e. The Labute approximate surface area is 195 Å². The van der Waals surface area contributed by atoms with Crippen LogP contribution in [0.4, 0.5) is 27.7 Å². The van der Waals surface area contributed by atoms with Crippen molar-refractivity contribution >= 4 is 33.1 Å². The van der Waals surface area contributed by atoms with Gasteiger partial charge in [0.1, 0.15) is 17.2 Å². The van der Waals surface area contributed by atoms with E-state index in [1.165, 1.54) is 24.1 Å². The molecule has 11 nitrogen and oxygen atoms in total. The van der Waals surface area contributed by atoms with Gasteiger partial charge >= 0.3 is 0 Å². The van der Waals surface area contributed by atoms with Crippen molar-refractivity contribution in [3.8, 4) is 17.1 Å². The van der Waals surface area contributed by atoms with Crippen molar-refractivity contribution in [2.45, 2.75) is 11.8 Å². The van der Waals surface area contributed by atoms with Gasteiger partial charge in [-0.3, -0.25) is 9.78 Å². The van der Waals surface area contributed by atoms with Crippen LogP contribution >= 0.6 is 0 Å². The van der Waals surface area contributed by atoms with Crippen molar-refractivity contribution in [1.82, 2.24) is 29.9 Å². The molecular weight excluding hydrogens is 463 g/mol. The van der Waals surface area contributed by atoms with Gasteiger partial charge in [-0.2, -0.15) is 15.2 Å². The number of hydrogen-bond acceptors (Lipinski definition) is 9. The topological polar surface area (TPSA) is 131 Å². The summed E-state index contributed by atoms with van der Waals surface area (Å²) >= 11 is 0. The van der Waals surface area contributed by atoms with E-state index in [2.05, 4.69) is 30.6 Å². The second-order valence-electron chi connectivity index (χ2n) is 7.63. The number of anilines is 4. The number of aromatic amines is 1. The molecule has 0 atom stereocenters. The predicted octanol–water partition coefficient (Wildman–Crippen LogP) is 2.97. The molecule has 178 valence electrons. The molecule has 0 amide bonds. The first kappa shape index (κ1) is 23.2. The van der Waals surface area contributed by atoms with E-state index in [0.717, 1.165) is 18.0 Å². The largest absolute Gasteiger partial charge is 0.491 e. The highest BCUT2D eigenvalue weighted by molar-refractivity contribution is 7.90. The molecule has 0 saturated carbocycles. The Morgan fingerprint density at radius 3 is 2.53 bits per heavy atom. The zero-order chi connectivity index (χ0) is 24.6. The van der Waals surface area contributed by atoms with E-state index in [1.54, 1.807) is 37.1 Å². The van der Waals surface area contributed by atoms with Crippen LogP contribution in [0.3, 0.4) is 0 Å². The SMILES string of the molecule is COc1c(Nc2cc(C)[nH]n2)nc(N(C)c2ccc(S(C)(=O)=O)cc2F)nc1-c1ccn(C)n1. The molecule has 2 N–H and O–H groups in total. The Bertz CT molecular complexity index is 1460. The summed E-state index contributed by atoms with van der Waals surface area (Å²) in [5.41, 5.74) is 1.82. The normalized spacial score (nSPS) is 11.5. The van der Waals surface area contributed by atoms with Crippen LogP contribution < -0.4 is 15.0 Å². The molecule has 0 fully saturated rings. The van der Waals surface area contributed by atoms with Crippen LogP contribution in [0.25, 0.3) is 11.4 Å². The predicted molar refractivity (Wildman–Crippen MR) is 125 cm³/mol. The van der Waals surface area contributed by atoms with Gasteiger partial charge in [0.25, 0.3) is 0 Å². The van der Waals surface area contributed by atoms with E-state index in [1.807, 2.05) is 6.92 Å². The zero-order valence-electron chi connectivity index (χ0n) is 19.2. The molecule has 3 aromatic heterocycles. The number of benzene rings is 1. The Hall–Kier alpha value is -4.00. The quantitative estimate of drug-likeness (QED) is 0.405. The zero-order valence-corrected chi connectivity index (χ0v) is 20.0. The highest BCUT2D eigenvalue weighted by Gasteiger charge is 2.23. The maximum Gasteiger partial charge on any atom is 0.232 e. The molecule has 3 heterocycles. The molecule has 0 aliphatic heterocycles. The standard InChI is InChI=1S/C21H23FN8O3S/c1-12-10-17(27-26-12)23-20-19(33-4)18(15-8-9-29(2)28-15)24-21(25-20)30(3)16-7-6-13(11-14(16)22)34(5,31)32/h6-11H,1-5H3,(H2,23,24,25,26,27). The van der Waals surface area contributed by atoms with Crippen molar-refractivity contribution in [3.63, 3.8) is 0 Å². The van der Waals surface area contributed by atoms with Gasteiger partial charge in [0.05, 0.1) is 17.7 Å². The molecule has 0 saturated heterocycles. The summed E-state index contributed by atoms with van der Waals surface area (Å²) < 4.78 is 45.7. The molecule has 0 radical (unpaired) electrons. The maximum absolute atomic E-state index is 14.9. The summed E-state index contributed by atoms with van der Waals surface area (Å²) in [5.74, 6) is 0.506. The minimum Gasteiger partial charge on any atom is -0.491 e. The Balaban J connectivity index is 1.85. The highest BCUT2D eigenvalue weighted by Crippen LogP contribution is 2.37. The van der Waals surface area contributed by atoms with E-state index in [0.29, 0.717) is 28.8 Å². The number of hydrogen-bond donors (Lipinski definition) is 2. The van der Waals surface area contributed by atoms with E-state index in [9.17, 15) is 12.8 Å². The number of nitrogens with zero attached hydrogens (tertiary/aromatic N) is 6. The number of H-pyrrole nitrogens is 1. The van der Waals surface area contributed by atoms with Crippen molar-refractivity contribution < 1.29 is 17.5 Å². The van der Waals surface area contributed by atoms with Crippen LogP contribution in [0.15, 0.2) is 41.4 Å². The van der Waals surface area contributed by atoms with E-state index >= 15 is 0 Å². The number of sulfone groups is 1. The van der Waals surface area contributed by atoms with Gasteiger partial charge in [-0.05, 0) is 31.2 Å². The number of aromatic nitrogens is 6. The fourth-order valence-corrected chi connectivity index (χ4v) is 3.92. The second kappa shape index (κ2) is 8.74. The minimum atomic E-state index is -3.56. The number of nitrogens with one attached hydrogen (secondary N) is 2. The summed E-state index contributed by atoms with van der Waals surface area (Å²) in [6.45, 7) is 1.86. The Morgan fingerprint density at radius 1 is 1.21 bits per heavy atom. The van der Waals surface area contributed by atoms with Crippen LogP contribution in [0, 0.1) is 12.7 Å². The average Bonchev–Trinajstić information content (AvgIpc) is 3.39. The van der Waals surface area contributed by atoms with Gasteiger partial charge in [-0.1, -0.05) is 0 Å². The minimum absolute atomic E-state index is 0.0890. The summed E-state index contributed by atoms with van der Waals surface area (Å²) in [6.07, 6.45) is 2.78. The first-order valence-electron chi connectivity index (χ1n) is 10.0. The van der Waals surface area contributed by atoms with Crippen molar-refractivity contribution in [2.24, 2.45) is 7.05 Å². The maximum atomic E-state index is 14.9. The molecule has 0 spiro atoms. The molecule has 34 heavy (non-hydrogen) atoms. The molecule has 0 aliphatic rings. The van der Waals surface area contributed by atoms with Gasteiger partial charge in [-0.15, -0.1) is 0 Å². The van der Waals surface area contributed by atoms with Gasteiger partial charge in [-0.25, -0.2) is 17.8 Å². The van der Waals surface area contributed by atoms with Gasteiger partial charge in [0, 0.05) is 38.3 Å². The van der Waals surface area contributed by atoms with Gasteiger partial charge in [0.15, 0.2) is 27.2 Å². The molecule has 0 bridgehead atoms. The third-order valence-corrected chi connectivity index (χ3v) is 6.09. The third-order valence-electron chi connectivity index (χ3n) is 4.98. The van der Waals surface area contributed by atoms with Crippen LogP contribution in [0.2, 0.25) is 0 Å². The van der Waals surface area contributed by atoms with Crippen LogP contribution in [0.5, 0.6) is 5.75 Å². The first-order valence-corrected chi connectivity index (χ1v) is 11.9. The van der Waals surface area contributed by atoms with Crippen LogP contribution in [-0.2, 0) is 16.9 Å².